The van der Waals surface area contributed by atoms with Gasteiger partial charge in [0.2, 0.25) is 5.03 Å². The number of benzene rings is 1. The first-order chi connectivity index (χ1) is 13.0. The van der Waals surface area contributed by atoms with E-state index in [0.29, 0.717) is 0 Å². The topological polar surface area (TPSA) is 110 Å². The number of carbonyl (C=O) groups is 1. The molecular formula is C18H20N4O4S. The van der Waals surface area contributed by atoms with E-state index in [1.165, 1.54) is 30.6 Å². The summed E-state index contributed by atoms with van der Waals surface area (Å²) in [6.07, 6.45) is 8.40. The molecule has 2 amide bonds. The SMILES string of the molecule is COc1nccnc1S(=O)(=O)NC(=O)Nc1c2c(cc3c1CCC3)CCC2. The third kappa shape index (κ3) is 3.23. The minimum Gasteiger partial charge on any atom is -0.479 e. The molecule has 2 aliphatic rings. The number of ether oxygens (including phenoxy) is 1. The van der Waals surface area contributed by atoms with Crippen molar-refractivity contribution in [1.82, 2.24) is 14.7 Å². The number of carbonyl (C=O) groups excluding carboxylic acids is 1. The Kier molecular flexibility index (Phi) is 4.47. The van der Waals surface area contributed by atoms with E-state index in [1.807, 2.05) is 4.72 Å². The van der Waals surface area contributed by atoms with Gasteiger partial charge in [-0.25, -0.2) is 19.5 Å². The summed E-state index contributed by atoms with van der Waals surface area (Å²) >= 11 is 0. The molecule has 2 aromatic rings. The lowest BCUT2D eigenvalue weighted by atomic mass is 9.99. The number of nitrogens with zero attached hydrogens (tertiary/aromatic N) is 2. The van der Waals surface area contributed by atoms with Crippen molar-refractivity contribution in [2.75, 3.05) is 12.4 Å². The van der Waals surface area contributed by atoms with Crippen molar-refractivity contribution < 1.29 is 17.9 Å². The van der Waals surface area contributed by atoms with Gasteiger partial charge in [-0.2, -0.15) is 8.42 Å². The van der Waals surface area contributed by atoms with Crippen molar-refractivity contribution in [3.05, 3.63) is 40.7 Å². The number of aryl methyl sites for hydroxylation is 2. The van der Waals surface area contributed by atoms with Crippen molar-refractivity contribution in [3.63, 3.8) is 0 Å². The van der Waals surface area contributed by atoms with Gasteiger partial charge in [-0.3, -0.25) is 0 Å². The second kappa shape index (κ2) is 6.80. The lowest BCUT2D eigenvalue weighted by Gasteiger charge is -2.16. The molecule has 0 bridgehead atoms. The molecule has 27 heavy (non-hydrogen) atoms. The van der Waals surface area contributed by atoms with Gasteiger partial charge in [0.1, 0.15) is 0 Å². The van der Waals surface area contributed by atoms with E-state index >= 15 is 0 Å². The van der Waals surface area contributed by atoms with E-state index in [1.54, 1.807) is 0 Å². The molecule has 1 heterocycles. The Morgan fingerprint density at radius 3 is 2.30 bits per heavy atom. The van der Waals surface area contributed by atoms with Crippen LogP contribution in [-0.4, -0.2) is 31.5 Å². The predicted octanol–water partition coefficient (Wildman–Crippen LogP) is 1.97. The molecule has 1 aromatic carbocycles. The van der Waals surface area contributed by atoms with Crippen LogP contribution >= 0.6 is 0 Å². The molecule has 2 N–H and O–H groups in total. The van der Waals surface area contributed by atoms with Gasteiger partial charge >= 0.3 is 6.03 Å². The molecular weight excluding hydrogens is 368 g/mol. The number of sulfonamides is 1. The fourth-order valence-electron chi connectivity index (χ4n) is 3.91. The van der Waals surface area contributed by atoms with Crippen molar-refractivity contribution in [3.8, 4) is 5.88 Å². The molecule has 0 saturated heterocycles. The number of rotatable bonds is 4. The van der Waals surface area contributed by atoms with Crippen LogP contribution in [0.3, 0.4) is 0 Å². The van der Waals surface area contributed by atoms with Crippen molar-refractivity contribution >= 4 is 21.7 Å². The molecule has 0 aliphatic heterocycles. The fraction of sp³-hybridized carbons (Fsp3) is 0.389. The van der Waals surface area contributed by atoms with Crippen molar-refractivity contribution in [2.45, 2.75) is 43.6 Å². The maximum atomic E-state index is 12.5. The van der Waals surface area contributed by atoms with Crippen LogP contribution in [0.25, 0.3) is 0 Å². The van der Waals surface area contributed by atoms with E-state index in [2.05, 4.69) is 21.4 Å². The van der Waals surface area contributed by atoms with Crippen LogP contribution in [0, 0.1) is 0 Å². The third-order valence-electron chi connectivity index (χ3n) is 5.02. The number of fused-ring (bicyclic) bond motifs is 2. The van der Waals surface area contributed by atoms with Gasteiger partial charge in [-0.1, -0.05) is 6.07 Å². The van der Waals surface area contributed by atoms with Crippen LogP contribution in [0.5, 0.6) is 5.88 Å². The molecule has 0 saturated carbocycles. The maximum Gasteiger partial charge on any atom is 0.333 e. The van der Waals surface area contributed by atoms with E-state index in [9.17, 15) is 13.2 Å². The lowest BCUT2D eigenvalue weighted by molar-refractivity contribution is 0.256. The molecule has 2 aliphatic carbocycles. The first-order valence-corrected chi connectivity index (χ1v) is 10.3. The first kappa shape index (κ1) is 17.7. The van der Waals surface area contributed by atoms with Crippen LogP contribution in [-0.2, 0) is 35.7 Å². The Morgan fingerprint density at radius 1 is 1.04 bits per heavy atom. The van der Waals surface area contributed by atoms with Crippen molar-refractivity contribution in [2.24, 2.45) is 0 Å². The molecule has 0 fully saturated rings. The summed E-state index contributed by atoms with van der Waals surface area (Å²) in [4.78, 5) is 20.1. The summed E-state index contributed by atoms with van der Waals surface area (Å²) in [6, 6.07) is 1.44. The van der Waals surface area contributed by atoms with Gasteiger partial charge in [0, 0.05) is 18.1 Å². The number of hydrogen-bond acceptors (Lipinski definition) is 6. The highest BCUT2D eigenvalue weighted by Crippen LogP contribution is 2.38. The summed E-state index contributed by atoms with van der Waals surface area (Å²) in [5.41, 5.74) is 5.53. The molecule has 9 heteroatoms. The zero-order valence-electron chi connectivity index (χ0n) is 14.9. The van der Waals surface area contributed by atoms with Crippen LogP contribution in [0.1, 0.15) is 35.1 Å². The van der Waals surface area contributed by atoms with Crippen LogP contribution in [0.2, 0.25) is 0 Å². The summed E-state index contributed by atoms with van der Waals surface area (Å²) in [5.74, 6) is -0.167. The molecule has 0 unspecified atom stereocenters. The number of urea groups is 1. The summed E-state index contributed by atoms with van der Waals surface area (Å²) < 4.78 is 32.0. The van der Waals surface area contributed by atoms with Gasteiger partial charge in [0.15, 0.2) is 0 Å². The van der Waals surface area contributed by atoms with E-state index in [4.69, 9.17) is 4.74 Å². The minimum absolute atomic E-state index is 0.167. The molecule has 4 rings (SSSR count). The number of amides is 2. The number of nitrogens with one attached hydrogen (secondary N) is 2. The highest BCUT2D eigenvalue weighted by Gasteiger charge is 2.28. The highest BCUT2D eigenvalue weighted by atomic mass is 32.2. The maximum absolute atomic E-state index is 12.5. The summed E-state index contributed by atoms with van der Waals surface area (Å²) in [7, 11) is -2.92. The monoisotopic (exact) mass is 388 g/mol. The Bertz CT molecular complexity index is 988. The Labute approximate surface area is 157 Å². The standard InChI is InChI=1S/C18H20N4O4S/c1-26-16-17(20-9-8-19-16)27(24,25)22-18(23)21-15-13-6-2-4-11(13)10-12-5-3-7-14(12)15/h8-10H,2-7H2,1H3,(H2,21,22,23). The molecule has 1 aromatic heterocycles. The quantitative estimate of drug-likeness (QED) is 0.829. The minimum atomic E-state index is -4.21. The second-order valence-electron chi connectivity index (χ2n) is 6.66. The highest BCUT2D eigenvalue weighted by molar-refractivity contribution is 7.90. The van der Waals surface area contributed by atoms with E-state index in [0.717, 1.165) is 55.3 Å². The Hall–Kier alpha value is -2.68. The van der Waals surface area contributed by atoms with Gasteiger partial charge < -0.3 is 10.1 Å². The van der Waals surface area contributed by atoms with Gasteiger partial charge in [-0.15, -0.1) is 0 Å². The summed E-state index contributed by atoms with van der Waals surface area (Å²) in [6.45, 7) is 0. The largest absolute Gasteiger partial charge is 0.479 e. The number of hydrogen-bond donors (Lipinski definition) is 2. The van der Waals surface area contributed by atoms with E-state index < -0.39 is 21.1 Å². The van der Waals surface area contributed by atoms with Crippen LogP contribution < -0.4 is 14.8 Å². The molecule has 142 valence electrons. The average Bonchev–Trinajstić information content (AvgIpc) is 3.30. The zero-order chi connectivity index (χ0) is 19.0. The van der Waals surface area contributed by atoms with Gasteiger partial charge in [0.25, 0.3) is 15.9 Å². The normalized spacial score (nSPS) is 15.1. The number of aromatic nitrogens is 2. The first-order valence-electron chi connectivity index (χ1n) is 8.85. The van der Waals surface area contributed by atoms with Crippen LogP contribution in [0.15, 0.2) is 23.5 Å². The molecule has 0 radical (unpaired) electrons. The smallest absolute Gasteiger partial charge is 0.333 e. The number of anilines is 1. The third-order valence-corrected chi connectivity index (χ3v) is 6.26. The second-order valence-corrected chi connectivity index (χ2v) is 8.26. The predicted molar refractivity (Wildman–Crippen MR) is 98.4 cm³/mol. The molecule has 0 spiro atoms. The lowest BCUT2D eigenvalue weighted by Crippen LogP contribution is -2.35. The van der Waals surface area contributed by atoms with E-state index in [-0.39, 0.29) is 5.88 Å². The zero-order valence-corrected chi connectivity index (χ0v) is 15.7. The average molecular weight is 388 g/mol. The van der Waals surface area contributed by atoms with Crippen molar-refractivity contribution in [1.29, 1.82) is 0 Å². The molecule has 0 atom stereocenters. The number of methoxy groups -OCH3 is 1. The van der Waals surface area contributed by atoms with Crippen LogP contribution in [0.4, 0.5) is 10.5 Å². The Balaban J connectivity index is 1.61. The fourth-order valence-corrected chi connectivity index (χ4v) is 4.87. The summed E-state index contributed by atoms with van der Waals surface area (Å²) in [5, 5.41) is 2.36. The molecule has 8 nitrogen and oxygen atoms in total. The Morgan fingerprint density at radius 2 is 1.67 bits per heavy atom. The van der Waals surface area contributed by atoms with Gasteiger partial charge in [-0.05, 0) is 60.8 Å². The van der Waals surface area contributed by atoms with Gasteiger partial charge in [0.05, 0.1) is 7.11 Å².